The van der Waals surface area contributed by atoms with E-state index in [0.717, 1.165) is 32.4 Å². The molecular weight excluding hydrogens is 416 g/mol. The molecule has 2 aromatic carbocycles. The smallest absolute Gasteiger partial charge is 0.262 e. The number of carbonyl (C=O) groups excluding carboxylic acids is 1. The molecule has 0 aliphatic rings. The monoisotopic (exact) mass is 432 g/mol. The molecule has 7 heteroatoms. The largest absolute Gasteiger partial charge is 0.360 e. The molecule has 30 heavy (non-hydrogen) atoms. The van der Waals surface area contributed by atoms with E-state index in [-0.39, 0.29) is 5.91 Å². The number of nitrogens with zero attached hydrogens (tertiary/aromatic N) is 3. The lowest BCUT2D eigenvalue weighted by molar-refractivity contribution is 0.0986. The van der Waals surface area contributed by atoms with Crippen LogP contribution in [-0.4, -0.2) is 20.9 Å². The lowest BCUT2D eigenvalue weighted by Crippen LogP contribution is -2.30. The fourth-order valence-corrected chi connectivity index (χ4v) is 4.79. The van der Waals surface area contributed by atoms with E-state index in [0.29, 0.717) is 22.3 Å². The highest BCUT2D eigenvalue weighted by Crippen LogP contribution is 2.37. The second-order valence-corrected chi connectivity index (χ2v) is 8.38. The van der Waals surface area contributed by atoms with Gasteiger partial charge in [-0.1, -0.05) is 53.3 Å². The van der Waals surface area contributed by atoms with Crippen molar-refractivity contribution < 1.29 is 4.79 Å². The van der Waals surface area contributed by atoms with Gasteiger partial charge >= 0.3 is 0 Å². The van der Waals surface area contributed by atoms with Crippen LogP contribution in [0.4, 0.5) is 5.13 Å². The van der Waals surface area contributed by atoms with Gasteiger partial charge in [-0.25, -0.2) is 4.98 Å². The molecule has 0 saturated carbocycles. The van der Waals surface area contributed by atoms with Crippen LogP contribution in [0.1, 0.15) is 21.6 Å². The second kappa shape index (κ2) is 7.55. The number of aromatic amines is 1. The summed E-state index contributed by atoms with van der Waals surface area (Å²) in [6, 6.07) is 17.2. The Labute approximate surface area is 182 Å². The van der Waals surface area contributed by atoms with Crippen molar-refractivity contribution in [1.29, 1.82) is 0 Å². The summed E-state index contributed by atoms with van der Waals surface area (Å²) < 4.78 is 0.879. The van der Waals surface area contributed by atoms with Gasteiger partial charge in [-0.2, -0.15) is 0 Å². The van der Waals surface area contributed by atoms with E-state index < -0.39 is 0 Å². The van der Waals surface area contributed by atoms with Gasteiger partial charge in [0.2, 0.25) is 0 Å². The van der Waals surface area contributed by atoms with E-state index in [2.05, 4.69) is 9.97 Å². The molecule has 0 aliphatic carbocycles. The van der Waals surface area contributed by atoms with Crippen molar-refractivity contribution in [1.82, 2.24) is 15.0 Å². The molecule has 148 valence electrons. The van der Waals surface area contributed by atoms with Gasteiger partial charge in [0, 0.05) is 23.3 Å². The molecule has 0 unspecified atom stereocenters. The normalized spacial score (nSPS) is 11.3. The van der Waals surface area contributed by atoms with Crippen LogP contribution in [0, 0.1) is 6.92 Å². The summed E-state index contributed by atoms with van der Waals surface area (Å²) in [7, 11) is 0. The highest BCUT2D eigenvalue weighted by Gasteiger charge is 2.25. The number of amides is 1. The highest BCUT2D eigenvalue weighted by atomic mass is 35.5. The first-order valence-corrected chi connectivity index (χ1v) is 10.6. The molecule has 3 aromatic heterocycles. The first kappa shape index (κ1) is 18.8. The Balaban J connectivity index is 1.65. The lowest BCUT2D eigenvalue weighted by atomic mass is 10.1. The van der Waals surface area contributed by atoms with E-state index in [9.17, 15) is 4.79 Å². The van der Waals surface area contributed by atoms with Gasteiger partial charge in [0.15, 0.2) is 5.13 Å². The zero-order chi connectivity index (χ0) is 20.7. The second-order valence-electron chi connectivity index (χ2n) is 7.00. The van der Waals surface area contributed by atoms with Gasteiger partial charge in [0.25, 0.3) is 5.91 Å². The number of halogens is 1. The Bertz CT molecular complexity index is 1340. The topological polar surface area (TPSA) is 61.9 Å². The predicted molar refractivity (Wildman–Crippen MR) is 122 cm³/mol. The number of hydrogen-bond acceptors (Lipinski definition) is 4. The van der Waals surface area contributed by atoms with E-state index in [4.69, 9.17) is 16.6 Å². The third-order valence-corrected chi connectivity index (χ3v) is 6.57. The van der Waals surface area contributed by atoms with Crippen LogP contribution in [0.3, 0.4) is 0 Å². The molecule has 5 rings (SSSR count). The quantitative estimate of drug-likeness (QED) is 0.380. The van der Waals surface area contributed by atoms with Crippen LogP contribution >= 0.6 is 22.9 Å². The zero-order valence-corrected chi connectivity index (χ0v) is 17.7. The number of thiazole rings is 1. The zero-order valence-electron chi connectivity index (χ0n) is 16.1. The maximum atomic E-state index is 13.7. The number of para-hydroxylation sites is 1. The van der Waals surface area contributed by atoms with Crippen molar-refractivity contribution in [3.63, 3.8) is 0 Å². The number of nitrogens with one attached hydrogen (secondary N) is 1. The molecule has 0 radical (unpaired) electrons. The Morgan fingerprint density at radius 3 is 2.77 bits per heavy atom. The first-order chi connectivity index (χ1) is 14.6. The fourth-order valence-electron chi connectivity index (χ4n) is 3.48. The summed E-state index contributed by atoms with van der Waals surface area (Å²) in [5.41, 5.74) is 4.15. The van der Waals surface area contributed by atoms with Crippen molar-refractivity contribution in [3.8, 4) is 0 Å². The Hall–Kier alpha value is -3.22. The molecule has 0 fully saturated rings. The molecule has 5 nitrogen and oxygen atoms in total. The third kappa shape index (κ3) is 3.24. The van der Waals surface area contributed by atoms with Crippen LogP contribution in [0.15, 0.2) is 67.0 Å². The van der Waals surface area contributed by atoms with Gasteiger partial charge in [0.05, 0.1) is 33.0 Å². The molecule has 0 spiro atoms. The van der Waals surface area contributed by atoms with Crippen molar-refractivity contribution in [2.45, 2.75) is 13.5 Å². The molecule has 0 bridgehead atoms. The summed E-state index contributed by atoms with van der Waals surface area (Å²) >= 11 is 7.83. The number of pyridine rings is 1. The van der Waals surface area contributed by atoms with Crippen LogP contribution in [-0.2, 0) is 6.54 Å². The van der Waals surface area contributed by atoms with E-state index in [1.807, 2.05) is 61.5 Å². The number of aromatic nitrogens is 3. The van der Waals surface area contributed by atoms with Crippen LogP contribution in [0.5, 0.6) is 0 Å². The lowest BCUT2D eigenvalue weighted by Gasteiger charge is -2.19. The minimum atomic E-state index is -0.133. The summed E-state index contributed by atoms with van der Waals surface area (Å²) in [5, 5.41) is 2.11. The molecule has 1 N–H and O–H groups in total. The molecule has 1 amide bonds. The first-order valence-electron chi connectivity index (χ1n) is 9.45. The Kier molecular flexibility index (Phi) is 4.73. The highest BCUT2D eigenvalue weighted by molar-refractivity contribution is 7.23. The average molecular weight is 433 g/mol. The summed E-state index contributed by atoms with van der Waals surface area (Å²) in [5.74, 6) is -0.133. The molecule has 0 atom stereocenters. The Morgan fingerprint density at radius 2 is 1.97 bits per heavy atom. The number of fused-ring (bicyclic) bond motifs is 2. The fraction of sp³-hybridized carbons (Fsp3) is 0.0870. The van der Waals surface area contributed by atoms with Crippen molar-refractivity contribution in [2.24, 2.45) is 0 Å². The van der Waals surface area contributed by atoms with Crippen LogP contribution in [0.25, 0.3) is 21.1 Å². The van der Waals surface area contributed by atoms with Crippen molar-refractivity contribution >= 4 is 55.1 Å². The average Bonchev–Trinajstić information content (AvgIpc) is 3.40. The minimum Gasteiger partial charge on any atom is -0.360 e. The number of benzene rings is 2. The number of H-pyrrole nitrogens is 1. The number of carbonyl (C=O) groups is 1. The maximum absolute atomic E-state index is 13.7. The number of hydrogen-bond donors (Lipinski definition) is 1. The van der Waals surface area contributed by atoms with E-state index in [1.54, 1.807) is 17.3 Å². The van der Waals surface area contributed by atoms with E-state index >= 15 is 0 Å². The summed E-state index contributed by atoms with van der Waals surface area (Å²) in [6.45, 7) is 2.31. The predicted octanol–water partition coefficient (Wildman–Crippen LogP) is 5.98. The van der Waals surface area contributed by atoms with Gasteiger partial charge in [-0.3, -0.25) is 14.7 Å². The van der Waals surface area contributed by atoms with Crippen LogP contribution in [0.2, 0.25) is 5.02 Å². The van der Waals surface area contributed by atoms with Crippen molar-refractivity contribution in [2.75, 3.05) is 4.90 Å². The third-order valence-electron chi connectivity index (χ3n) is 5.03. The number of anilines is 1. The molecule has 3 heterocycles. The Morgan fingerprint density at radius 1 is 1.13 bits per heavy atom. The summed E-state index contributed by atoms with van der Waals surface area (Å²) in [6.07, 6.45) is 3.48. The SMILES string of the molecule is Cc1ccc(Cl)c2sc(N(Cc3ccccn3)C(=O)c3c[nH]c4ccccc34)nc12. The maximum Gasteiger partial charge on any atom is 0.262 e. The van der Waals surface area contributed by atoms with Gasteiger partial charge < -0.3 is 4.98 Å². The molecular formula is C23H17ClN4OS. The molecule has 0 aliphatic heterocycles. The van der Waals surface area contributed by atoms with Crippen molar-refractivity contribution in [3.05, 3.63) is 88.8 Å². The standard InChI is InChI=1S/C23H17ClN4OS/c1-14-9-10-18(24)21-20(14)27-23(30-21)28(13-15-6-4-5-11-25-15)22(29)17-12-26-19-8-3-2-7-16(17)19/h2-12,26H,13H2,1H3. The number of rotatable bonds is 4. The molecule has 0 saturated heterocycles. The number of aryl methyl sites for hydroxylation is 1. The van der Waals surface area contributed by atoms with Gasteiger partial charge in [0.1, 0.15) is 0 Å². The van der Waals surface area contributed by atoms with Gasteiger partial charge in [-0.05, 0) is 36.8 Å². The minimum absolute atomic E-state index is 0.133. The van der Waals surface area contributed by atoms with E-state index in [1.165, 1.54) is 11.3 Å². The molecule has 5 aromatic rings. The van der Waals surface area contributed by atoms with Gasteiger partial charge in [-0.15, -0.1) is 0 Å². The van der Waals surface area contributed by atoms with Crippen LogP contribution < -0.4 is 4.90 Å². The summed E-state index contributed by atoms with van der Waals surface area (Å²) in [4.78, 5) is 27.7.